The van der Waals surface area contributed by atoms with Gasteiger partial charge < -0.3 is 0 Å². The Morgan fingerprint density at radius 3 is 1.39 bits per heavy atom. The molecule has 216 valence electrons. The molecule has 8 aromatic carbocycles. The fourth-order valence-electron chi connectivity index (χ4n) is 7.63. The molecule has 9 rings (SSSR count). The predicted octanol–water partition coefficient (Wildman–Crippen LogP) is 12.9. The zero-order chi connectivity index (χ0) is 30.8. The highest BCUT2D eigenvalue weighted by Crippen LogP contribution is 2.58. The molecule has 0 spiro atoms. The summed E-state index contributed by atoms with van der Waals surface area (Å²) in [7, 11) is 0. The molecule has 1 aliphatic carbocycles. The van der Waals surface area contributed by atoms with Gasteiger partial charge in [0, 0.05) is 0 Å². The van der Waals surface area contributed by atoms with E-state index in [0.29, 0.717) is 0 Å². The Balaban J connectivity index is 1.37. The van der Waals surface area contributed by atoms with E-state index in [-0.39, 0.29) is 0 Å². The Morgan fingerprint density at radius 1 is 0.304 bits per heavy atom. The van der Waals surface area contributed by atoms with E-state index >= 15 is 0 Å². The summed E-state index contributed by atoms with van der Waals surface area (Å²) in [5.74, 6) is 0. The third-order valence-corrected chi connectivity index (χ3v) is 9.82. The molecule has 0 heterocycles. The van der Waals surface area contributed by atoms with Gasteiger partial charge in [-0.2, -0.15) is 0 Å². The first-order chi connectivity index (χ1) is 22.7. The third kappa shape index (κ3) is 4.07. The van der Waals surface area contributed by atoms with Crippen molar-refractivity contribution < 1.29 is 0 Å². The van der Waals surface area contributed by atoms with E-state index in [0.717, 1.165) is 0 Å². The van der Waals surface area contributed by atoms with Crippen LogP contribution in [0, 0.1) is 13.8 Å². The molecule has 0 heteroatoms. The molecule has 0 fully saturated rings. The van der Waals surface area contributed by atoms with Gasteiger partial charge in [-0.15, -0.1) is 0 Å². The fourth-order valence-corrected chi connectivity index (χ4v) is 7.63. The highest BCUT2D eigenvalue weighted by Gasteiger charge is 2.30. The maximum Gasteiger partial charge on any atom is -0.000741 e. The summed E-state index contributed by atoms with van der Waals surface area (Å²) in [6.07, 6.45) is 0. The van der Waals surface area contributed by atoms with E-state index in [1.165, 1.54) is 99.4 Å². The Morgan fingerprint density at radius 2 is 0.804 bits per heavy atom. The maximum absolute atomic E-state index is 2.40. The minimum absolute atomic E-state index is 1.23. The van der Waals surface area contributed by atoms with Gasteiger partial charge >= 0.3 is 0 Å². The number of hydrogen-bond acceptors (Lipinski definition) is 0. The van der Waals surface area contributed by atoms with Crippen LogP contribution in [0.2, 0.25) is 0 Å². The molecule has 0 radical (unpaired) electrons. The largest absolute Gasteiger partial charge is 0.0622 e. The molecule has 0 N–H and O–H groups in total. The zero-order valence-electron chi connectivity index (χ0n) is 26.0. The summed E-state index contributed by atoms with van der Waals surface area (Å²) < 4.78 is 0. The number of fused-ring (bicyclic) bond motifs is 4. The van der Waals surface area contributed by atoms with Crippen molar-refractivity contribution in [3.05, 3.63) is 169 Å². The quantitative estimate of drug-likeness (QED) is 0.193. The molecule has 1 aliphatic rings. The molecule has 0 unspecified atom stereocenters. The molecule has 0 aromatic heterocycles. The second kappa shape index (κ2) is 10.4. The highest BCUT2D eigenvalue weighted by atomic mass is 14.3. The number of rotatable bonds is 4. The molecule has 0 saturated carbocycles. The molecule has 0 nitrogen and oxygen atoms in total. The van der Waals surface area contributed by atoms with E-state index in [4.69, 9.17) is 0 Å². The molecule has 46 heavy (non-hydrogen) atoms. The van der Waals surface area contributed by atoms with Gasteiger partial charge in [0.15, 0.2) is 0 Å². The maximum atomic E-state index is 2.40. The van der Waals surface area contributed by atoms with Gasteiger partial charge in [-0.1, -0.05) is 163 Å². The SMILES string of the molecule is Cc1ccc2c(-c3ccc(-c4ccccc4)cc3)c3c(c(-c4ccc(-c5ccccc5)cc4)c2c1)-c1ccc(C)c2cccc-3c12. The zero-order valence-corrected chi connectivity index (χ0v) is 26.0. The van der Waals surface area contributed by atoms with Crippen molar-refractivity contribution in [2.24, 2.45) is 0 Å². The molecule has 8 aromatic rings. The average Bonchev–Trinajstić information content (AvgIpc) is 3.44. The van der Waals surface area contributed by atoms with Crippen molar-refractivity contribution in [2.75, 3.05) is 0 Å². The van der Waals surface area contributed by atoms with Gasteiger partial charge in [0.1, 0.15) is 0 Å². The van der Waals surface area contributed by atoms with Crippen LogP contribution in [0.25, 0.3) is 88.3 Å². The van der Waals surface area contributed by atoms with Crippen LogP contribution < -0.4 is 0 Å². The lowest BCUT2D eigenvalue weighted by Crippen LogP contribution is -1.94. The average molecular weight is 585 g/mol. The second-order valence-electron chi connectivity index (χ2n) is 12.6. The van der Waals surface area contributed by atoms with Gasteiger partial charge in [0.25, 0.3) is 0 Å². The third-order valence-electron chi connectivity index (χ3n) is 9.82. The van der Waals surface area contributed by atoms with Crippen molar-refractivity contribution >= 4 is 21.5 Å². The van der Waals surface area contributed by atoms with Gasteiger partial charge in [0.05, 0.1) is 0 Å². The van der Waals surface area contributed by atoms with Crippen LogP contribution in [0.5, 0.6) is 0 Å². The van der Waals surface area contributed by atoms with Crippen LogP contribution >= 0.6 is 0 Å². The highest BCUT2D eigenvalue weighted by molar-refractivity contribution is 6.27. The van der Waals surface area contributed by atoms with Crippen molar-refractivity contribution in [1.29, 1.82) is 0 Å². The van der Waals surface area contributed by atoms with Crippen LogP contribution in [0.15, 0.2) is 158 Å². The standard InChI is InChI=1S/C46H32/c1-29-16-26-38-41(28-29)43(36-24-20-34(21-25-36)32-12-7-4-8-13-32)46-40-27-17-30(2)37-14-9-15-39(44(37)40)45(46)42(38)35-22-18-33(19-23-35)31-10-5-3-6-11-31/h3-28H,1-2H3. The first-order valence-corrected chi connectivity index (χ1v) is 16.1. The number of benzene rings is 8. The lowest BCUT2D eigenvalue weighted by molar-refractivity contribution is 1.50. The molecule has 0 bridgehead atoms. The molecule has 0 aliphatic heterocycles. The Bertz CT molecular complexity index is 2430. The van der Waals surface area contributed by atoms with E-state index in [1.54, 1.807) is 0 Å². The summed E-state index contributed by atoms with van der Waals surface area (Å²) in [4.78, 5) is 0. The lowest BCUT2D eigenvalue weighted by atomic mass is 9.82. The van der Waals surface area contributed by atoms with Gasteiger partial charge in [-0.3, -0.25) is 0 Å². The summed E-state index contributed by atoms with van der Waals surface area (Å²) in [5.41, 5.74) is 18.0. The molecule has 0 amide bonds. The molecule has 0 atom stereocenters. The van der Waals surface area contributed by atoms with Crippen LogP contribution in [0.4, 0.5) is 0 Å². The minimum atomic E-state index is 1.23. The Hall–Kier alpha value is -5.72. The van der Waals surface area contributed by atoms with Crippen molar-refractivity contribution in [3.8, 4) is 66.8 Å². The number of aryl methyl sites for hydroxylation is 2. The Kier molecular flexibility index (Phi) is 6.05. The molecule has 0 saturated heterocycles. The first kappa shape index (κ1) is 26.7. The van der Waals surface area contributed by atoms with Crippen molar-refractivity contribution in [2.45, 2.75) is 13.8 Å². The van der Waals surface area contributed by atoms with Crippen LogP contribution in [0.1, 0.15) is 11.1 Å². The first-order valence-electron chi connectivity index (χ1n) is 16.1. The molecular formula is C46H32. The van der Waals surface area contributed by atoms with E-state index in [1.807, 2.05) is 0 Å². The summed E-state index contributed by atoms with van der Waals surface area (Å²) >= 11 is 0. The minimum Gasteiger partial charge on any atom is -0.0622 e. The van der Waals surface area contributed by atoms with Crippen LogP contribution in [0.3, 0.4) is 0 Å². The summed E-state index contributed by atoms with van der Waals surface area (Å²) in [5, 5.41) is 5.30. The summed E-state index contributed by atoms with van der Waals surface area (Å²) in [6, 6.07) is 58.2. The van der Waals surface area contributed by atoms with E-state index in [2.05, 4.69) is 172 Å². The predicted molar refractivity (Wildman–Crippen MR) is 197 cm³/mol. The summed E-state index contributed by atoms with van der Waals surface area (Å²) in [6.45, 7) is 4.44. The van der Waals surface area contributed by atoms with E-state index in [9.17, 15) is 0 Å². The van der Waals surface area contributed by atoms with Gasteiger partial charge in [-0.05, 0) is 108 Å². The van der Waals surface area contributed by atoms with Crippen molar-refractivity contribution in [3.63, 3.8) is 0 Å². The van der Waals surface area contributed by atoms with Crippen molar-refractivity contribution in [1.82, 2.24) is 0 Å². The van der Waals surface area contributed by atoms with Crippen LogP contribution in [-0.4, -0.2) is 0 Å². The van der Waals surface area contributed by atoms with E-state index < -0.39 is 0 Å². The van der Waals surface area contributed by atoms with Gasteiger partial charge in [-0.25, -0.2) is 0 Å². The monoisotopic (exact) mass is 584 g/mol. The second-order valence-corrected chi connectivity index (χ2v) is 12.6. The fraction of sp³-hybridized carbons (Fsp3) is 0.0435. The van der Waals surface area contributed by atoms with Crippen LogP contribution in [-0.2, 0) is 0 Å². The topological polar surface area (TPSA) is 0 Å². The van der Waals surface area contributed by atoms with Gasteiger partial charge in [0.2, 0.25) is 0 Å². The Labute approximate surface area is 270 Å². The number of hydrogen-bond donors (Lipinski definition) is 0. The lowest BCUT2D eigenvalue weighted by Gasteiger charge is -2.21. The molecular weight excluding hydrogens is 553 g/mol. The normalized spacial score (nSPS) is 11.7. The smallest absolute Gasteiger partial charge is 0.000741 e.